The molecule has 1 aromatic heterocycles. The summed E-state index contributed by atoms with van der Waals surface area (Å²) in [6, 6.07) is 24.9. The Labute approximate surface area is 194 Å². The number of benzene rings is 3. The Kier molecular flexibility index (Phi) is 7.25. The van der Waals surface area contributed by atoms with E-state index in [2.05, 4.69) is 16.0 Å². The van der Waals surface area contributed by atoms with Gasteiger partial charge in [-0.1, -0.05) is 42.5 Å². The summed E-state index contributed by atoms with van der Waals surface area (Å²) in [4.78, 5) is 17.8. The smallest absolute Gasteiger partial charge is 0.255 e. The molecule has 0 aliphatic heterocycles. The lowest BCUT2D eigenvalue weighted by molar-refractivity contribution is 0.0934. The Hall–Kier alpha value is -3.80. The van der Waals surface area contributed by atoms with Gasteiger partial charge in [0, 0.05) is 6.54 Å². The van der Waals surface area contributed by atoms with Crippen molar-refractivity contribution < 1.29 is 14.3 Å². The van der Waals surface area contributed by atoms with Crippen LogP contribution in [0.3, 0.4) is 0 Å². The molecule has 170 valence electrons. The second-order valence-electron chi connectivity index (χ2n) is 7.87. The molecule has 0 aliphatic carbocycles. The molecule has 1 amide bonds. The molecule has 6 nitrogen and oxygen atoms in total. The van der Waals surface area contributed by atoms with E-state index < -0.39 is 0 Å². The van der Waals surface area contributed by atoms with E-state index in [4.69, 9.17) is 14.5 Å². The number of unbranched alkanes of at least 4 members (excludes halogenated alkanes) is 1. The summed E-state index contributed by atoms with van der Waals surface area (Å²) >= 11 is 0. The van der Waals surface area contributed by atoms with Crippen molar-refractivity contribution in [3.8, 4) is 11.5 Å². The van der Waals surface area contributed by atoms with Crippen LogP contribution in [0.2, 0.25) is 0 Å². The van der Waals surface area contributed by atoms with Crippen LogP contribution in [0, 0.1) is 0 Å². The Balaban J connectivity index is 1.45. The number of aryl methyl sites for hydroxylation is 1. The number of amides is 1. The van der Waals surface area contributed by atoms with Gasteiger partial charge in [0.15, 0.2) is 0 Å². The molecule has 1 atom stereocenters. The van der Waals surface area contributed by atoms with Gasteiger partial charge in [-0.05, 0) is 56.2 Å². The standard InChI is InChI=1S/C27H29N3O3/c1-20(28-27(31)22-14-6-9-17-25(22)32-2)26-29-23-15-7-8-16-24(23)30(26)18-10-11-19-33-21-12-4-3-5-13-21/h3-9,12-17,20H,10-11,18-19H2,1-2H3,(H,28,31). The summed E-state index contributed by atoms with van der Waals surface area (Å²) in [5.74, 6) is 2.09. The van der Waals surface area contributed by atoms with Crippen LogP contribution >= 0.6 is 0 Å². The minimum absolute atomic E-state index is 0.185. The lowest BCUT2D eigenvalue weighted by Crippen LogP contribution is -2.29. The van der Waals surface area contributed by atoms with Crippen LogP contribution in [0.25, 0.3) is 11.0 Å². The van der Waals surface area contributed by atoms with Crippen molar-refractivity contribution in [2.45, 2.75) is 32.4 Å². The molecule has 3 aromatic carbocycles. The Bertz CT molecular complexity index is 1200. The number of carbonyl (C=O) groups excluding carboxylic acids is 1. The molecule has 1 unspecified atom stereocenters. The van der Waals surface area contributed by atoms with E-state index in [9.17, 15) is 4.79 Å². The van der Waals surface area contributed by atoms with Crippen LogP contribution in [-0.2, 0) is 6.54 Å². The van der Waals surface area contributed by atoms with Crippen LogP contribution in [0.4, 0.5) is 0 Å². The minimum Gasteiger partial charge on any atom is -0.496 e. The van der Waals surface area contributed by atoms with Gasteiger partial charge >= 0.3 is 0 Å². The maximum absolute atomic E-state index is 12.9. The van der Waals surface area contributed by atoms with Gasteiger partial charge in [0.25, 0.3) is 5.91 Å². The van der Waals surface area contributed by atoms with Gasteiger partial charge in [0.1, 0.15) is 17.3 Å². The SMILES string of the molecule is COc1ccccc1C(=O)NC(C)c1nc2ccccc2n1CCCCOc1ccccc1. The molecule has 0 fully saturated rings. The number of nitrogens with one attached hydrogen (secondary N) is 1. The van der Waals surface area contributed by atoms with E-state index >= 15 is 0 Å². The molecule has 0 saturated carbocycles. The van der Waals surface area contributed by atoms with Crippen LogP contribution < -0.4 is 14.8 Å². The lowest BCUT2D eigenvalue weighted by atomic mass is 10.1. The predicted molar refractivity (Wildman–Crippen MR) is 130 cm³/mol. The largest absolute Gasteiger partial charge is 0.496 e. The fraction of sp³-hybridized carbons (Fsp3) is 0.259. The molecule has 0 bridgehead atoms. The number of hydrogen-bond acceptors (Lipinski definition) is 4. The number of nitrogens with zero attached hydrogens (tertiary/aromatic N) is 2. The van der Waals surface area contributed by atoms with Crippen LogP contribution in [0.5, 0.6) is 11.5 Å². The van der Waals surface area contributed by atoms with Crippen molar-refractivity contribution in [1.82, 2.24) is 14.9 Å². The second-order valence-corrected chi connectivity index (χ2v) is 7.87. The minimum atomic E-state index is -0.268. The number of ether oxygens (including phenoxy) is 2. The summed E-state index contributed by atoms with van der Waals surface area (Å²) in [6.45, 7) is 3.42. The average Bonchev–Trinajstić information content (AvgIpc) is 3.23. The summed E-state index contributed by atoms with van der Waals surface area (Å²) in [7, 11) is 1.57. The van der Waals surface area contributed by atoms with Crippen molar-refractivity contribution in [2.24, 2.45) is 0 Å². The van der Waals surface area contributed by atoms with Crippen molar-refractivity contribution in [3.63, 3.8) is 0 Å². The van der Waals surface area contributed by atoms with Crippen LogP contribution in [0.15, 0.2) is 78.9 Å². The fourth-order valence-electron chi connectivity index (χ4n) is 3.91. The van der Waals surface area contributed by atoms with Gasteiger partial charge < -0.3 is 19.4 Å². The van der Waals surface area contributed by atoms with E-state index in [0.29, 0.717) is 17.9 Å². The van der Waals surface area contributed by atoms with Gasteiger partial charge in [-0.25, -0.2) is 4.98 Å². The third kappa shape index (κ3) is 5.34. The highest BCUT2D eigenvalue weighted by atomic mass is 16.5. The zero-order chi connectivity index (χ0) is 23.0. The number of methoxy groups -OCH3 is 1. The first-order valence-electron chi connectivity index (χ1n) is 11.2. The molecule has 0 aliphatic rings. The van der Waals surface area contributed by atoms with Gasteiger partial charge in [0.2, 0.25) is 0 Å². The van der Waals surface area contributed by atoms with Crippen molar-refractivity contribution >= 4 is 16.9 Å². The highest BCUT2D eigenvalue weighted by Crippen LogP contribution is 2.23. The highest BCUT2D eigenvalue weighted by Gasteiger charge is 2.20. The third-order valence-corrected chi connectivity index (χ3v) is 5.56. The Morgan fingerprint density at radius 1 is 0.970 bits per heavy atom. The molecule has 0 saturated heterocycles. The molecule has 1 N–H and O–H groups in total. The summed E-state index contributed by atoms with van der Waals surface area (Å²) in [5.41, 5.74) is 2.49. The average molecular weight is 444 g/mol. The zero-order valence-electron chi connectivity index (χ0n) is 19.0. The van der Waals surface area contributed by atoms with E-state index in [1.807, 2.05) is 67.6 Å². The molecule has 1 heterocycles. The maximum atomic E-state index is 12.9. The lowest BCUT2D eigenvalue weighted by Gasteiger charge is -2.17. The number of hydrogen-bond donors (Lipinski definition) is 1. The molecule has 0 radical (unpaired) electrons. The molecule has 4 aromatic rings. The number of rotatable bonds is 10. The molecular weight excluding hydrogens is 414 g/mol. The van der Waals surface area contributed by atoms with Gasteiger partial charge in [-0.15, -0.1) is 0 Å². The number of fused-ring (bicyclic) bond motifs is 1. The molecule has 0 spiro atoms. The number of para-hydroxylation sites is 4. The van der Waals surface area contributed by atoms with Crippen LogP contribution in [0.1, 0.15) is 42.0 Å². The topological polar surface area (TPSA) is 65.4 Å². The highest BCUT2D eigenvalue weighted by molar-refractivity contribution is 5.97. The van der Waals surface area contributed by atoms with E-state index in [0.717, 1.165) is 42.0 Å². The first-order valence-corrected chi connectivity index (χ1v) is 11.2. The molecule has 6 heteroatoms. The monoisotopic (exact) mass is 443 g/mol. The summed E-state index contributed by atoms with van der Waals surface area (Å²) in [5, 5.41) is 3.08. The second kappa shape index (κ2) is 10.7. The quantitative estimate of drug-likeness (QED) is 0.334. The molecule has 33 heavy (non-hydrogen) atoms. The maximum Gasteiger partial charge on any atom is 0.255 e. The van der Waals surface area contributed by atoms with Crippen LogP contribution in [-0.4, -0.2) is 29.2 Å². The summed E-state index contributed by atoms with van der Waals surface area (Å²) in [6.07, 6.45) is 1.86. The third-order valence-electron chi connectivity index (χ3n) is 5.56. The predicted octanol–water partition coefficient (Wildman–Crippen LogP) is 5.40. The van der Waals surface area contributed by atoms with E-state index in [-0.39, 0.29) is 11.9 Å². The first-order chi connectivity index (χ1) is 16.2. The summed E-state index contributed by atoms with van der Waals surface area (Å²) < 4.78 is 13.4. The number of imidazole rings is 1. The zero-order valence-corrected chi connectivity index (χ0v) is 19.0. The Morgan fingerprint density at radius 2 is 1.70 bits per heavy atom. The van der Waals surface area contributed by atoms with Gasteiger partial charge in [0.05, 0.1) is 36.4 Å². The van der Waals surface area contributed by atoms with Crippen molar-refractivity contribution in [3.05, 3.63) is 90.3 Å². The van der Waals surface area contributed by atoms with Gasteiger partial charge in [-0.2, -0.15) is 0 Å². The van der Waals surface area contributed by atoms with E-state index in [1.54, 1.807) is 19.2 Å². The normalized spacial score (nSPS) is 11.8. The van der Waals surface area contributed by atoms with Gasteiger partial charge in [-0.3, -0.25) is 4.79 Å². The Morgan fingerprint density at radius 3 is 2.52 bits per heavy atom. The first kappa shape index (κ1) is 22.4. The number of aromatic nitrogens is 2. The molecule has 4 rings (SSSR count). The molecular formula is C27H29N3O3. The number of carbonyl (C=O) groups is 1. The van der Waals surface area contributed by atoms with E-state index in [1.165, 1.54) is 0 Å². The van der Waals surface area contributed by atoms with Crippen molar-refractivity contribution in [2.75, 3.05) is 13.7 Å². The van der Waals surface area contributed by atoms with Crippen molar-refractivity contribution in [1.29, 1.82) is 0 Å². The fourth-order valence-corrected chi connectivity index (χ4v) is 3.91.